The van der Waals surface area contributed by atoms with Gasteiger partial charge in [0.25, 0.3) is 5.91 Å². The van der Waals surface area contributed by atoms with E-state index in [0.717, 1.165) is 5.82 Å². The SMILES string of the molecule is Cn1ccnc1CNC(=O)c1cccc(C#N)c1. The Hall–Kier alpha value is -2.61. The zero-order valence-corrected chi connectivity index (χ0v) is 9.92. The standard InChI is InChI=1S/C13H12N4O/c1-17-6-5-15-12(17)9-16-13(18)11-4-2-3-10(7-11)8-14/h2-7H,9H2,1H3,(H,16,18). The van der Waals surface area contributed by atoms with Crippen LogP contribution in [0, 0.1) is 11.3 Å². The maximum atomic E-state index is 11.9. The van der Waals surface area contributed by atoms with Crippen molar-refractivity contribution in [1.82, 2.24) is 14.9 Å². The van der Waals surface area contributed by atoms with E-state index in [4.69, 9.17) is 5.26 Å². The van der Waals surface area contributed by atoms with Gasteiger partial charge in [-0.1, -0.05) is 6.07 Å². The number of imidazole rings is 1. The summed E-state index contributed by atoms with van der Waals surface area (Å²) in [4.78, 5) is 16.0. The Balaban J connectivity index is 2.04. The van der Waals surface area contributed by atoms with E-state index in [-0.39, 0.29) is 5.91 Å². The first-order chi connectivity index (χ1) is 8.70. The molecule has 0 spiro atoms. The summed E-state index contributed by atoms with van der Waals surface area (Å²) in [5, 5.41) is 11.5. The molecular weight excluding hydrogens is 228 g/mol. The van der Waals surface area contributed by atoms with Crippen LogP contribution in [0.4, 0.5) is 0 Å². The van der Waals surface area contributed by atoms with Crippen molar-refractivity contribution >= 4 is 5.91 Å². The molecule has 5 nitrogen and oxygen atoms in total. The number of nitriles is 1. The Morgan fingerprint density at radius 2 is 2.39 bits per heavy atom. The molecule has 0 aliphatic carbocycles. The fraction of sp³-hybridized carbons (Fsp3) is 0.154. The molecule has 0 saturated carbocycles. The molecule has 0 radical (unpaired) electrons. The molecule has 2 rings (SSSR count). The summed E-state index contributed by atoms with van der Waals surface area (Å²) in [6.07, 6.45) is 3.50. The summed E-state index contributed by atoms with van der Waals surface area (Å²) in [6, 6.07) is 8.59. The average Bonchev–Trinajstić information content (AvgIpc) is 2.81. The fourth-order valence-electron chi connectivity index (χ4n) is 1.56. The topological polar surface area (TPSA) is 70.7 Å². The summed E-state index contributed by atoms with van der Waals surface area (Å²) in [5.74, 6) is 0.565. The van der Waals surface area contributed by atoms with Crippen molar-refractivity contribution in [3.05, 3.63) is 53.6 Å². The Kier molecular flexibility index (Phi) is 3.39. The number of aryl methyl sites for hydroxylation is 1. The van der Waals surface area contributed by atoms with Crippen LogP contribution in [0.5, 0.6) is 0 Å². The lowest BCUT2D eigenvalue weighted by Crippen LogP contribution is -2.24. The van der Waals surface area contributed by atoms with Gasteiger partial charge in [-0.3, -0.25) is 4.79 Å². The second-order valence-electron chi connectivity index (χ2n) is 3.83. The van der Waals surface area contributed by atoms with Gasteiger partial charge in [-0.05, 0) is 18.2 Å². The minimum absolute atomic E-state index is 0.213. The second-order valence-corrected chi connectivity index (χ2v) is 3.83. The molecule has 1 heterocycles. The molecule has 0 aliphatic heterocycles. The van der Waals surface area contributed by atoms with Gasteiger partial charge in [0.1, 0.15) is 5.82 Å². The van der Waals surface area contributed by atoms with Crippen LogP contribution in [0.1, 0.15) is 21.7 Å². The van der Waals surface area contributed by atoms with E-state index in [0.29, 0.717) is 17.7 Å². The minimum atomic E-state index is -0.213. The summed E-state index contributed by atoms with van der Waals surface area (Å²) < 4.78 is 1.84. The smallest absolute Gasteiger partial charge is 0.251 e. The average molecular weight is 240 g/mol. The van der Waals surface area contributed by atoms with Crippen molar-refractivity contribution in [2.24, 2.45) is 7.05 Å². The van der Waals surface area contributed by atoms with Crippen LogP contribution in [0.3, 0.4) is 0 Å². The third kappa shape index (κ3) is 2.55. The van der Waals surface area contributed by atoms with Crippen molar-refractivity contribution < 1.29 is 4.79 Å². The number of hydrogen-bond acceptors (Lipinski definition) is 3. The largest absolute Gasteiger partial charge is 0.345 e. The quantitative estimate of drug-likeness (QED) is 0.876. The predicted octanol–water partition coefficient (Wildman–Crippen LogP) is 1.22. The zero-order valence-electron chi connectivity index (χ0n) is 9.92. The first-order valence-electron chi connectivity index (χ1n) is 5.45. The van der Waals surface area contributed by atoms with Gasteiger partial charge in [0.2, 0.25) is 0 Å². The second kappa shape index (κ2) is 5.15. The number of carbonyl (C=O) groups is 1. The first-order valence-corrected chi connectivity index (χ1v) is 5.45. The number of amides is 1. The zero-order chi connectivity index (χ0) is 13.0. The Bertz CT molecular complexity index is 609. The number of nitrogens with zero attached hydrogens (tertiary/aromatic N) is 3. The van der Waals surface area contributed by atoms with Crippen molar-refractivity contribution in [3.8, 4) is 6.07 Å². The molecule has 1 N–H and O–H groups in total. The molecule has 0 bridgehead atoms. The van der Waals surface area contributed by atoms with E-state index in [9.17, 15) is 4.79 Å². The highest BCUT2D eigenvalue weighted by Gasteiger charge is 2.07. The van der Waals surface area contributed by atoms with E-state index < -0.39 is 0 Å². The van der Waals surface area contributed by atoms with Crippen LogP contribution >= 0.6 is 0 Å². The molecule has 0 unspecified atom stereocenters. The van der Waals surface area contributed by atoms with E-state index >= 15 is 0 Å². The van der Waals surface area contributed by atoms with Crippen molar-refractivity contribution in [3.63, 3.8) is 0 Å². The molecular formula is C13H12N4O. The molecule has 1 amide bonds. The highest BCUT2D eigenvalue weighted by atomic mass is 16.1. The molecule has 0 atom stereocenters. The van der Waals surface area contributed by atoms with Gasteiger partial charge in [-0.15, -0.1) is 0 Å². The third-order valence-electron chi connectivity index (χ3n) is 2.58. The van der Waals surface area contributed by atoms with Crippen LogP contribution in [-0.4, -0.2) is 15.5 Å². The Morgan fingerprint density at radius 3 is 3.06 bits per heavy atom. The Labute approximate surface area is 105 Å². The summed E-state index contributed by atoms with van der Waals surface area (Å²) in [5.41, 5.74) is 0.947. The fourth-order valence-corrected chi connectivity index (χ4v) is 1.56. The van der Waals surface area contributed by atoms with Gasteiger partial charge < -0.3 is 9.88 Å². The number of benzene rings is 1. The monoisotopic (exact) mass is 240 g/mol. The van der Waals surface area contributed by atoms with E-state index in [2.05, 4.69) is 10.3 Å². The summed E-state index contributed by atoms with van der Waals surface area (Å²) >= 11 is 0. The number of nitrogens with one attached hydrogen (secondary N) is 1. The highest BCUT2D eigenvalue weighted by molar-refractivity contribution is 5.94. The third-order valence-corrected chi connectivity index (χ3v) is 2.58. The van der Waals surface area contributed by atoms with Gasteiger partial charge in [-0.25, -0.2) is 4.98 Å². The van der Waals surface area contributed by atoms with Gasteiger partial charge in [0.05, 0.1) is 18.2 Å². The van der Waals surface area contributed by atoms with Crippen molar-refractivity contribution in [2.75, 3.05) is 0 Å². The van der Waals surface area contributed by atoms with E-state index in [1.165, 1.54) is 0 Å². The summed E-state index contributed by atoms with van der Waals surface area (Å²) in [7, 11) is 1.87. The predicted molar refractivity (Wildman–Crippen MR) is 65.5 cm³/mol. The van der Waals surface area contributed by atoms with Gasteiger partial charge in [-0.2, -0.15) is 5.26 Å². The lowest BCUT2D eigenvalue weighted by atomic mass is 10.1. The molecule has 1 aromatic heterocycles. The molecule has 2 aromatic rings. The molecule has 5 heteroatoms. The molecule has 18 heavy (non-hydrogen) atoms. The molecule has 90 valence electrons. The van der Waals surface area contributed by atoms with Crippen LogP contribution in [0.25, 0.3) is 0 Å². The van der Waals surface area contributed by atoms with Gasteiger partial charge in [0.15, 0.2) is 0 Å². The van der Waals surface area contributed by atoms with E-state index in [1.807, 2.05) is 23.9 Å². The number of hydrogen-bond donors (Lipinski definition) is 1. The van der Waals surface area contributed by atoms with Crippen LogP contribution in [-0.2, 0) is 13.6 Å². The Morgan fingerprint density at radius 1 is 1.56 bits per heavy atom. The minimum Gasteiger partial charge on any atom is -0.345 e. The van der Waals surface area contributed by atoms with Crippen molar-refractivity contribution in [2.45, 2.75) is 6.54 Å². The van der Waals surface area contributed by atoms with Gasteiger partial charge >= 0.3 is 0 Å². The van der Waals surface area contributed by atoms with Crippen LogP contribution in [0.15, 0.2) is 36.7 Å². The number of carbonyl (C=O) groups excluding carboxylic acids is 1. The van der Waals surface area contributed by atoms with E-state index in [1.54, 1.807) is 30.5 Å². The number of rotatable bonds is 3. The van der Waals surface area contributed by atoms with Gasteiger partial charge in [0, 0.05) is 25.0 Å². The maximum Gasteiger partial charge on any atom is 0.251 e. The molecule has 0 saturated heterocycles. The molecule has 0 aliphatic rings. The lowest BCUT2D eigenvalue weighted by Gasteiger charge is -2.05. The lowest BCUT2D eigenvalue weighted by molar-refractivity contribution is 0.0949. The summed E-state index contributed by atoms with van der Waals surface area (Å²) in [6.45, 7) is 0.360. The number of aromatic nitrogens is 2. The van der Waals surface area contributed by atoms with Crippen molar-refractivity contribution in [1.29, 1.82) is 5.26 Å². The molecule has 0 fully saturated rings. The molecule has 1 aromatic carbocycles. The van der Waals surface area contributed by atoms with Crippen LogP contribution < -0.4 is 5.32 Å². The maximum absolute atomic E-state index is 11.9. The normalized spacial score (nSPS) is 9.78. The first kappa shape index (κ1) is 11.9. The highest BCUT2D eigenvalue weighted by Crippen LogP contribution is 2.04. The van der Waals surface area contributed by atoms with Crippen LogP contribution in [0.2, 0.25) is 0 Å².